The largest absolute Gasteiger partial charge is 0.444 e. The molecule has 2 unspecified atom stereocenters. The van der Waals surface area contributed by atoms with Crippen molar-refractivity contribution in [3.8, 4) is 0 Å². The van der Waals surface area contributed by atoms with E-state index in [0.29, 0.717) is 19.5 Å². The Kier molecular flexibility index (Phi) is 7.82. The number of halogens is 2. The van der Waals surface area contributed by atoms with Gasteiger partial charge in [-0.25, -0.2) is 18.3 Å². The molecule has 0 saturated carbocycles. The molecule has 1 amide bonds. The first kappa shape index (κ1) is 28.8. The first-order valence-corrected chi connectivity index (χ1v) is 14.9. The molecular weight excluding hydrogens is 542 g/mol. The zero-order chi connectivity index (χ0) is 29.6. The van der Waals surface area contributed by atoms with Crippen molar-refractivity contribution in [3.63, 3.8) is 0 Å². The van der Waals surface area contributed by atoms with Crippen LogP contribution in [0.2, 0.25) is 0 Å². The molecule has 3 atom stereocenters. The summed E-state index contributed by atoms with van der Waals surface area (Å²) in [5, 5.41) is 9.17. The predicted octanol–water partition coefficient (Wildman–Crippen LogP) is 5.76. The highest BCUT2D eigenvalue weighted by molar-refractivity contribution is 5.84. The summed E-state index contributed by atoms with van der Waals surface area (Å²) in [4.78, 5) is 20.6. The maximum atomic E-state index is 13.8. The third-order valence-corrected chi connectivity index (χ3v) is 8.37. The zero-order valence-corrected chi connectivity index (χ0v) is 24.7. The molecule has 5 heterocycles. The molecular formula is C31H40F2N6O3. The van der Waals surface area contributed by atoms with Crippen molar-refractivity contribution in [2.45, 2.75) is 89.8 Å². The summed E-state index contributed by atoms with van der Waals surface area (Å²) >= 11 is 0. The van der Waals surface area contributed by atoms with Crippen molar-refractivity contribution in [3.05, 3.63) is 53.5 Å². The van der Waals surface area contributed by atoms with E-state index in [9.17, 15) is 13.6 Å². The van der Waals surface area contributed by atoms with Crippen LogP contribution >= 0.6 is 0 Å². The molecule has 1 aromatic carbocycles. The Hall–Kier alpha value is -3.31. The van der Waals surface area contributed by atoms with E-state index in [1.165, 1.54) is 0 Å². The van der Waals surface area contributed by atoms with Crippen molar-refractivity contribution in [1.82, 2.24) is 24.6 Å². The lowest BCUT2D eigenvalue weighted by atomic mass is 9.85. The van der Waals surface area contributed by atoms with E-state index in [4.69, 9.17) is 19.6 Å². The van der Waals surface area contributed by atoms with Gasteiger partial charge in [-0.2, -0.15) is 5.10 Å². The van der Waals surface area contributed by atoms with E-state index in [-0.39, 0.29) is 30.9 Å². The minimum absolute atomic E-state index is 0.0740. The van der Waals surface area contributed by atoms with Crippen LogP contribution in [0.5, 0.6) is 0 Å². The van der Waals surface area contributed by atoms with Crippen LogP contribution in [0.1, 0.15) is 76.0 Å². The number of alkyl halides is 2. The van der Waals surface area contributed by atoms with E-state index >= 15 is 0 Å². The van der Waals surface area contributed by atoms with Crippen molar-refractivity contribution < 1.29 is 23.0 Å². The number of amides is 1. The molecule has 9 nitrogen and oxygen atoms in total. The second kappa shape index (κ2) is 11.4. The SMILES string of the molecule is CC1Cc2c(ccc3c2cnn3C2CCCCO2)[C@@H](c2ccc(NC3CN(C(=O)OC(C)(C)C)C3)cn2)N1CC(F)F. The molecule has 2 saturated heterocycles. The molecule has 0 radical (unpaired) electrons. The number of fused-ring (bicyclic) bond motifs is 3. The lowest BCUT2D eigenvalue weighted by Crippen LogP contribution is -2.57. The van der Waals surface area contributed by atoms with E-state index in [2.05, 4.69) is 11.4 Å². The first-order valence-electron chi connectivity index (χ1n) is 14.9. The Balaban J connectivity index is 1.23. The molecule has 2 aromatic heterocycles. The number of benzene rings is 1. The van der Waals surface area contributed by atoms with Gasteiger partial charge in [-0.1, -0.05) is 6.07 Å². The van der Waals surface area contributed by atoms with Gasteiger partial charge in [0, 0.05) is 31.1 Å². The number of rotatable bonds is 6. The molecule has 3 aromatic rings. The molecule has 226 valence electrons. The summed E-state index contributed by atoms with van der Waals surface area (Å²) in [7, 11) is 0. The van der Waals surface area contributed by atoms with Gasteiger partial charge in [0.05, 0.1) is 47.9 Å². The van der Waals surface area contributed by atoms with Crippen molar-refractivity contribution in [1.29, 1.82) is 0 Å². The van der Waals surface area contributed by atoms with E-state index in [1.807, 2.05) is 61.7 Å². The Bertz CT molecular complexity index is 1410. The number of nitrogens with one attached hydrogen (secondary N) is 1. The fourth-order valence-electron chi connectivity index (χ4n) is 6.38. The number of aromatic nitrogens is 3. The predicted molar refractivity (Wildman–Crippen MR) is 156 cm³/mol. The molecule has 1 N–H and O–H groups in total. The van der Waals surface area contributed by atoms with Crippen LogP contribution in [0.4, 0.5) is 19.3 Å². The van der Waals surface area contributed by atoms with Gasteiger partial charge >= 0.3 is 6.09 Å². The van der Waals surface area contributed by atoms with Gasteiger partial charge in [-0.05, 0) is 82.7 Å². The van der Waals surface area contributed by atoms with Crippen LogP contribution in [0.15, 0.2) is 36.7 Å². The van der Waals surface area contributed by atoms with Gasteiger partial charge in [0.15, 0.2) is 6.23 Å². The summed E-state index contributed by atoms with van der Waals surface area (Å²) < 4.78 is 41.0. The van der Waals surface area contributed by atoms with E-state index in [0.717, 1.165) is 59.3 Å². The molecule has 42 heavy (non-hydrogen) atoms. The highest BCUT2D eigenvalue weighted by Gasteiger charge is 2.37. The maximum absolute atomic E-state index is 13.8. The van der Waals surface area contributed by atoms with Gasteiger partial charge in [0.2, 0.25) is 0 Å². The Morgan fingerprint density at radius 1 is 1.17 bits per heavy atom. The summed E-state index contributed by atoms with van der Waals surface area (Å²) in [6.07, 6.45) is 4.56. The number of pyridine rings is 1. The molecule has 6 rings (SSSR count). The summed E-state index contributed by atoms with van der Waals surface area (Å²) in [5.41, 5.74) is 4.16. The monoisotopic (exact) mass is 582 g/mol. The Morgan fingerprint density at radius 3 is 2.64 bits per heavy atom. The Labute approximate surface area is 245 Å². The number of anilines is 1. The van der Waals surface area contributed by atoms with Gasteiger partial charge < -0.3 is 19.7 Å². The van der Waals surface area contributed by atoms with Gasteiger partial charge in [-0.15, -0.1) is 0 Å². The molecule has 2 fully saturated rings. The number of ether oxygens (including phenoxy) is 2. The molecule has 3 aliphatic heterocycles. The zero-order valence-electron chi connectivity index (χ0n) is 24.7. The average Bonchev–Trinajstić information content (AvgIpc) is 3.35. The Morgan fingerprint density at radius 2 is 1.98 bits per heavy atom. The summed E-state index contributed by atoms with van der Waals surface area (Å²) in [6, 6.07) is 7.54. The average molecular weight is 583 g/mol. The number of carbonyl (C=O) groups is 1. The van der Waals surface area contributed by atoms with Crippen LogP contribution in [0.25, 0.3) is 10.9 Å². The molecule has 11 heteroatoms. The highest BCUT2D eigenvalue weighted by Crippen LogP contribution is 2.41. The normalized spacial score (nSPS) is 23.6. The van der Waals surface area contributed by atoms with Crippen LogP contribution in [0, 0.1) is 0 Å². The minimum Gasteiger partial charge on any atom is -0.444 e. The van der Waals surface area contributed by atoms with Gasteiger partial charge in [0.25, 0.3) is 6.43 Å². The third kappa shape index (κ3) is 5.81. The van der Waals surface area contributed by atoms with Crippen molar-refractivity contribution in [2.75, 3.05) is 31.6 Å². The third-order valence-electron chi connectivity index (χ3n) is 8.37. The number of hydrogen-bond acceptors (Lipinski definition) is 7. The maximum Gasteiger partial charge on any atom is 0.410 e. The van der Waals surface area contributed by atoms with Crippen LogP contribution in [-0.4, -0.2) is 81.0 Å². The summed E-state index contributed by atoms with van der Waals surface area (Å²) in [6.45, 7) is 9.05. The molecule has 0 spiro atoms. The number of carbonyl (C=O) groups excluding carboxylic acids is 1. The van der Waals surface area contributed by atoms with E-state index in [1.54, 1.807) is 11.1 Å². The summed E-state index contributed by atoms with van der Waals surface area (Å²) in [5.74, 6) is 0. The minimum atomic E-state index is -2.46. The fraction of sp³-hybridized carbons (Fsp3) is 0.581. The lowest BCUT2D eigenvalue weighted by molar-refractivity contribution is -0.0366. The van der Waals surface area contributed by atoms with E-state index < -0.39 is 18.1 Å². The van der Waals surface area contributed by atoms with Crippen LogP contribution in [0.3, 0.4) is 0 Å². The topological polar surface area (TPSA) is 84.8 Å². The molecule has 3 aliphatic rings. The standard InChI is InChI=1S/C31H40F2N6O3/c1-19-13-23-22(9-11-26-24(23)15-35-39(26)28-7-5-6-12-41-28)29(38(19)18-27(32)33)25-10-8-20(14-34-25)36-21-16-37(17-21)30(40)42-31(2,3)4/h8-11,14-15,19,21,27-29,36H,5-7,12-13,16-18H2,1-4H3/t19?,28?,29-/m0/s1. The quantitative estimate of drug-likeness (QED) is 0.396. The van der Waals surface area contributed by atoms with Crippen LogP contribution in [-0.2, 0) is 15.9 Å². The first-order chi connectivity index (χ1) is 20.1. The molecule has 0 bridgehead atoms. The number of nitrogens with zero attached hydrogens (tertiary/aromatic N) is 5. The van der Waals surface area contributed by atoms with Gasteiger partial charge in [0.1, 0.15) is 5.60 Å². The molecule has 0 aliphatic carbocycles. The van der Waals surface area contributed by atoms with Crippen LogP contribution < -0.4 is 5.32 Å². The highest BCUT2D eigenvalue weighted by atomic mass is 19.3. The number of likely N-dealkylation sites (tertiary alicyclic amines) is 1. The van der Waals surface area contributed by atoms with Crippen molar-refractivity contribution >= 4 is 22.7 Å². The second-order valence-electron chi connectivity index (χ2n) is 12.7. The smallest absolute Gasteiger partial charge is 0.410 e. The number of hydrogen-bond donors (Lipinski definition) is 1. The second-order valence-corrected chi connectivity index (χ2v) is 12.7. The van der Waals surface area contributed by atoms with Gasteiger partial charge in [-0.3, -0.25) is 9.88 Å². The van der Waals surface area contributed by atoms with Crippen molar-refractivity contribution in [2.24, 2.45) is 0 Å². The fourth-order valence-corrected chi connectivity index (χ4v) is 6.38. The lowest BCUT2D eigenvalue weighted by Gasteiger charge is -2.42.